The van der Waals surface area contributed by atoms with E-state index in [1.54, 1.807) is 0 Å². The molecule has 11 heavy (non-hydrogen) atoms. The molecule has 0 rings (SSSR count). The SMILES string of the molecule is CC(N)NCC(C)NC(C)N. The Morgan fingerprint density at radius 1 is 1.09 bits per heavy atom. The van der Waals surface area contributed by atoms with Crippen LogP contribution in [0.4, 0.5) is 0 Å². The third kappa shape index (κ3) is 7.74. The summed E-state index contributed by atoms with van der Waals surface area (Å²) in [7, 11) is 0. The van der Waals surface area contributed by atoms with Gasteiger partial charge in [-0.15, -0.1) is 0 Å². The fourth-order valence-corrected chi connectivity index (χ4v) is 0.870. The molecule has 0 fully saturated rings. The van der Waals surface area contributed by atoms with E-state index < -0.39 is 0 Å². The van der Waals surface area contributed by atoms with Crippen molar-refractivity contribution < 1.29 is 0 Å². The Kier molecular flexibility index (Phi) is 5.41. The molecular formula is C7H20N4. The number of hydrogen-bond acceptors (Lipinski definition) is 4. The molecular weight excluding hydrogens is 140 g/mol. The van der Waals surface area contributed by atoms with Crippen molar-refractivity contribution in [3.05, 3.63) is 0 Å². The van der Waals surface area contributed by atoms with Gasteiger partial charge in [0.15, 0.2) is 0 Å². The third-order valence-corrected chi connectivity index (χ3v) is 1.29. The Morgan fingerprint density at radius 2 is 1.64 bits per heavy atom. The Morgan fingerprint density at radius 3 is 2.00 bits per heavy atom. The van der Waals surface area contributed by atoms with Crippen molar-refractivity contribution in [2.24, 2.45) is 11.5 Å². The van der Waals surface area contributed by atoms with Crippen molar-refractivity contribution in [2.45, 2.75) is 39.1 Å². The van der Waals surface area contributed by atoms with Crippen LogP contribution in [0.1, 0.15) is 20.8 Å². The average molecular weight is 160 g/mol. The molecule has 6 N–H and O–H groups in total. The molecule has 0 radical (unpaired) electrons. The molecule has 3 unspecified atom stereocenters. The van der Waals surface area contributed by atoms with Gasteiger partial charge in [0.05, 0.1) is 12.3 Å². The molecule has 0 saturated heterocycles. The molecule has 0 aromatic heterocycles. The van der Waals surface area contributed by atoms with Gasteiger partial charge < -0.3 is 16.8 Å². The van der Waals surface area contributed by atoms with Crippen molar-refractivity contribution in [3.8, 4) is 0 Å². The van der Waals surface area contributed by atoms with Crippen LogP contribution in [0.15, 0.2) is 0 Å². The Hall–Kier alpha value is -0.160. The fourth-order valence-electron chi connectivity index (χ4n) is 0.870. The Labute approximate surface area is 68.7 Å². The predicted octanol–water partition coefficient (Wildman–Crippen LogP) is -0.836. The standard InChI is InChI=1S/C7H20N4/c1-5(11-7(3)9)4-10-6(2)8/h5-7,10-11H,4,8-9H2,1-3H3. The smallest absolute Gasteiger partial charge is 0.0519 e. The van der Waals surface area contributed by atoms with E-state index in [-0.39, 0.29) is 12.3 Å². The van der Waals surface area contributed by atoms with Gasteiger partial charge >= 0.3 is 0 Å². The van der Waals surface area contributed by atoms with Gasteiger partial charge in [-0.25, -0.2) is 0 Å². The molecule has 4 heteroatoms. The topological polar surface area (TPSA) is 76.1 Å². The van der Waals surface area contributed by atoms with Gasteiger partial charge in [-0.2, -0.15) is 0 Å². The molecule has 3 atom stereocenters. The van der Waals surface area contributed by atoms with Crippen LogP contribution in [0.2, 0.25) is 0 Å². The van der Waals surface area contributed by atoms with Gasteiger partial charge in [0.1, 0.15) is 0 Å². The number of nitrogens with two attached hydrogens (primary N) is 2. The highest BCUT2D eigenvalue weighted by atomic mass is 15.1. The first-order valence-electron chi connectivity index (χ1n) is 4.03. The fraction of sp³-hybridized carbons (Fsp3) is 1.00. The number of hydrogen-bond donors (Lipinski definition) is 4. The van der Waals surface area contributed by atoms with Crippen molar-refractivity contribution in [1.29, 1.82) is 0 Å². The van der Waals surface area contributed by atoms with Crippen LogP contribution >= 0.6 is 0 Å². The summed E-state index contributed by atoms with van der Waals surface area (Å²) < 4.78 is 0. The van der Waals surface area contributed by atoms with Crippen LogP contribution < -0.4 is 22.1 Å². The van der Waals surface area contributed by atoms with Crippen LogP contribution in [0.25, 0.3) is 0 Å². The summed E-state index contributed by atoms with van der Waals surface area (Å²) in [6.07, 6.45) is 0.0900. The monoisotopic (exact) mass is 160 g/mol. The van der Waals surface area contributed by atoms with E-state index in [9.17, 15) is 0 Å². The maximum absolute atomic E-state index is 5.53. The molecule has 0 aliphatic rings. The average Bonchev–Trinajstić information content (AvgIpc) is 1.82. The molecule has 0 aromatic rings. The highest BCUT2D eigenvalue weighted by molar-refractivity contribution is 4.66. The van der Waals surface area contributed by atoms with E-state index in [1.807, 2.05) is 13.8 Å². The minimum absolute atomic E-state index is 0.0416. The summed E-state index contributed by atoms with van der Waals surface area (Å²) in [6, 6.07) is 0.362. The maximum atomic E-state index is 5.53. The van der Waals surface area contributed by atoms with Crippen LogP contribution in [0, 0.1) is 0 Å². The van der Waals surface area contributed by atoms with E-state index in [4.69, 9.17) is 11.5 Å². The summed E-state index contributed by atoms with van der Waals surface area (Å²) >= 11 is 0. The third-order valence-electron chi connectivity index (χ3n) is 1.29. The van der Waals surface area contributed by atoms with E-state index in [1.165, 1.54) is 0 Å². The zero-order chi connectivity index (χ0) is 8.85. The Balaban J connectivity index is 3.29. The van der Waals surface area contributed by atoms with Gasteiger partial charge in [-0.3, -0.25) is 5.32 Å². The highest BCUT2D eigenvalue weighted by Crippen LogP contribution is 1.80. The Bertz CT molecular complexity index is 92.4. The summed E-state index contributed by atoms with van der Waals surface area (Å²) in [5.41, 5.74) is 11.0. The molecule has 0 aliphatic heterocycles. The lowest BCUT2D eigenvalue weighted by molar-refractivity contribution is 0.430. The van der Waals surface area contributed by atoms with Gasteiger partial charge in [-0.1, -0.05) is 0 Å². The first kappa shape index (κ1) is 10.8. The van der Waals surface area contributed by atoms with Gasteiger partial charge in [0, 0.05) is 12.6 Å². The second-order valence-electron chi connectivity index (χ2n) is 3.05. The first-order chi connectivity index (χ1) is 5.02. The zero-order valence-electron chi connectivity index (χ0n) is 7.59. The summed E-state index contributed by atoms with van der Waals surface area (Å²) in [5, 5.41) is 6.27. The van der Waals surface area contributed by atoms with E-state index in [0.717, 1.165) is 6.54 Å². The zero-order valence-corrected chi connectivity index (χ0v) is 7.59. The predicted molar refractivity (Wildman–Crippen MR) is 47.9 cm³/mol. The lowest BCUT2D eigenvalue weighted by Crippen LogP contribution is -2.48. The lowest BCUT2D eigenvalue weighted by atomic mass is 10.3. The van der Waals surface area contributed by atoms with Gasteiger partial charge in [-0.05, 0) is 20.8 Å². The second kappa shape index (κ2) is 5.49. The molecule has 4 nitrogen and oxygen atoms in total. The van der Waals surface area contributed by atoms with E-state index in [2.05, 4.69) is 17.6 Å². The van der Waals surface area contributed by atoms with Crippen LogP contribution in [0.3, 0.4) is 0 Å². The lowest BCUT2D eigenvalue weighted by Gasteiger charge is -2.18. The van der Waals surface area contributed by atoms with E-state index in [0.29, 0.717) is 6.04 Å². The quantitative estimate of drug-likeness (QED) is 0.396. The molecule has 0 aliphatic carbocycles. The number of rotatable bonds is 5. The largest absolute Gasteiger partial charge is 0.316 e. The van der Waals surface area contributed by atoms with Crippen LogP contribution in [0.5, 0.6) is 0 Å². The van der Waals surface area contributed by atoms with Crippen molar-refractivity contribution in [2.75, 3.05) is 6.54 Å². The van der Waals surface area contributed by atoms with Crippen LogP contribution in [-0.4, -0.2) is 24.9 Å². The molecule has 68 valence electrons. The van der Waals surface area contributed by atoms with Gasteiger partial charge in [0.25, 0.3) is 0 Å². The molecule has 0 amide bonds. The molecule has 0 heterocycles. The minimum atomic E-state index is 0.0416. The molecule has 0 saturated carbocycles. The van der Waals surface area contributed by atoms with Crippen molar-refractivity contribution in [1.82, 2.24) is 10.6 Å². The molecule has 0 bridgehead atoms. The summed E-state index contributed by atoms with van der Waals surface area (Å²) in [4.78, 5) is 0. The first-order valence-corrected chi connectivity index (χ1v) is 4.03. The van der Waals surface area contributed by atoms with Crippen molar-refractivity contribution in [3.63, 3.8) is 0 Å². The van der Waals surface area contributed by atoms with Crippen molar-refractivity contribution >= 4 is 0 Å². The highest BCUT2D eigenvalue weighted by Gasteiger charge is 2.02. The second-order valence-corrected chi connectivity index (χ2v) is 3.05. The maximum Gasteiger partial charge on any atom is 0.0519 e. The summed E-state index contributed by atoms with van der Waals surface area (Å²) in [5.74, 6) is 0. The number of nitrogens with one attached hydrogen (secondary N) is 2. The van der Waals surface area contributed by atoms with Gasteiger partial charge in [0.2, 0.25) is 0 Å². The van der Waals surface area contributed by atoms with E-state index >= 15 is 0 Å². The van der Waals surface area contributed by atoms with Crippen LogP contribution in [-0.2, 0) is 0 Å². The molecule has 0 spiro atoms. The summed E-state index contributed by atoms with van der Waals surface area (Å²) in [6.45, 7) is 6.75. The normalized spacial score (nSPS) is 19.4. The molecule has 0 aromatic carbocycles. The minimum Gasteiger partial charge on any atom is -0.316 e.